The van der Waals surface area contributed by atoms with Crippen molar-refractivity contribution in [2.75, 3.05) is 11.5 Å². The zero-order valence-electron chi connectivity index (χ0n) is 14.9. The standard InChI is InChI=1S/C15H22N6O4S/c1-4-6-20-11(16)10(12(23)19(3)15(20)25)9(22)8-26-14-18-17-13(24)21(14)7-5-2/h4-8,16H2,1-3H3,(H,17,24). The average Bonchev–Trinajstić information content (AvgIpc) is 2.96. The number of carbonyl (C=O) groups is 1. The molecule has 10 nitrogen and oxygen atoms in total. The molecule has 2 aromatic rings. The minimum absolute atomic E-state index is 0.126. The maximum atomic E-state index is 12.6. The van der Waals surface area contributed by atoms with Gasteiger partial charge in [-0.05, 0) is 12.8 Å². The summed E-state index contributed by atoms with van der Waals surface area (Å²) in [4.78, 5) is 48.8. The zero-order chi connectivity index (χ0) is 19.4. The molecule has 0 aliphatic rings. The summed E-state index contributed by atoms with van der Waals surface area (Å²) in [5, 5.41) is 6.59. The molecule has 3 N–H and O–H groups in total. The first-order valence-electron chi connectivity index (χ1n) is 8.23. The van der Waals surface area contributed by atoms with E-state index in [4.69, 9.17) is 5.73 Å². The molecule has 0 bridgehead atoms. The van der Waals surface area contributed by atoms with Crippen LogP contribution in [0.3, 0.4) is 0 Å². The Hall–Kier alpha value is -2.56. The topological polar surface area (TPSA) is 138 Å². The molecule has 2 heterocycles. The fourth-order valence-electron chi connectivity index (χ4n) is 2.52. The Morgan fingerprint density at radius 2 is 1.77 bits per heavy atom. The number of nitrogens with zero attached hydrogens (tertiary/aromatic N) is 4. The van der Waals surface area contributed by atoms with Crippen LogP contribution in [0.1, 0.15) is 37.0 Å². The van der Waals surface area contributed by atoms with Crippen LogP contribution >= 0.6 is 11.8 Å². The van der Waals surface area contributed by atoms with Gasteiger partial charge in [0.05, 0.1) is 5.75 Å². The monoisotopic (exact) mass is 382 g/mol. The Morgan fingerprint density at radius 1 is 1.15 bits per heavy atom. The number of anilines is 1. The summed E-state index contributed by atoms with van der Waals surface area (Å²) in [6, 6.07) is 0. The first-order valence-corrected chi connectivity index (χ1v) is 9.22. The van der Waals surface area contributed by atoms with E-state index in [-0.39, 0.29) is 22.8 Å². The minimum atomic E-state index is -0.724. The number of rotatable bonds is 8. The first-order chi connectivity index (χ1) is 12.3. The fraction of sp³-hybridized carbons (Fsp3) is 0.533. The van der Waals surface area contributed by atoms with Crippen molar-refractivity contribution >= 4 is 23.4 Å². The van der Waals surface area contributed by atoms with Gasteiger partial charge in [-0.2, -0.15) is 0 Å². The number of thioether (sulfide) groups is 1. The fourth-order valence-corrected chi connectivity index (χ4v) is 3.37. The molecule has 0 atom stereocenters. The van der Waals surface area contributed by atoms with Crippen LogP contribution in [0.5, 0.6) is 0 Å². The highest BCUT2D eigenvalue weighted by Crippen LogP contribution is 2.16. The molecule has 0 fully saturated rings. The van der Waals surface area contributed by atoms with E-state index in [0.29, 0.717) is 24.7 Å². The molecule has 0 unspecified atom stereocenters. The molecule has 0 aliphatic carbocycles. The quantitative estimate of drug-likeness (QED) is 0.476. The summed E-state index contributed by atoms with van der Waals surface area (Å²) >= 11 is 1.04. The molecule has 0 amide bonds. The second kappa shape index (κ2) is 8.21. The van der Waals surface area contributed by atoms with Crippen molar-refractivity contribution in [3.05, 3.63) is 36.9 Å². The minimum Gasteiger partial charge on any atom is -0.384 e. The van der Waals surface area contributed by atoms with Crippen LogP contribution in [0.2, 0.25) is 0 Å². The predicted octanol–water partition coefficient (Wildman–Crippen LogP) is -0.191. The Balaban J connectivity index is 2.35. The molecule has 26 heavy (non-hydrogen) atoms. The summed E-state index contributed by atoms with van der Waals surface area (Å²) < 4.78 is 3.53. The number of aromatic nitrogens is 5. The largest absolute Gasteiger partial charge is 0.384 e. The molecule has 0 saturated heterocycles. The highest BCUT2D eigenvalue weighted by Gasteiger charge is 2.22. The third-order valence-corrected chi connectivity index (χ3v) is 4.79. The van der Waals surface area contributed by atoms with Crippen LogP contribution in [0.25, 0.3) is 0 Å². The number of aromatic amines is 1. The lowest BCUT2D eigenvalue weighted by Crippen LogP contribution is -2.42. The maximum absolute atomic E-state index is 12.6. The third kappa shape index (κ3) is 3.66. The average molecular weight is 382 g/mol. The molecule has 0 saturated carbocycles. The van der Waals surface area contributed by atoms with Crippen molar-refractivity contribution in [1.82, 2.24) is 23.9 Å². The van der Waals surface area contributed by atoms with Crippen LogP contribution in [0.15, 0.2) is 19.5 Å². The summed E-state index contributed by atoms with van der Waals surface area (Å²) in [5.74, 6) is -0.771. The van der Waals surface area contributed by atoms with E-state index in [0.717, 1.165) is 22.7 Å². The van der Waals surface area contributed by atoms with Crippen LogP contribution in [-0.4, -0.2) is 35.4 Å². The number of nitrogens with one attached hydrogen (secondary N) is 1. The molecule has 2 aromatic heterocycles. The number of ketones is 1. The van der Waals surface area contributed by atoms with E-state index in [2.05, 4.69) is 10.2 Å². The lowest BCUT2D eigenvalue weighted by molar-refractivity contribution is 0.102. The third-order valence-electron chi connectivity index (χ3n) is 3.81. The molecule has 0 aromatic carbocycles. The number of nitrogen functional groups attached to an aromatic ring is 1. The van der Waals surface area contributed by atoms with Gasteiger partial charge in [0.1, 0.15) is 11.4 Å². The number of hydrogen-bond donors (Lipinski definition) is 2. The summed E-state index contributed by atoms with van der Waals surface area (Å²) in [5.41, 5.74) is 4.09. The van der Waals surface area contributed by atoms with E-state index < -0.39 is 17.0 Å². The van der Waals surface area contributed by atoms with Crippen LogP contribution in [0.4, 0.5) is 5.82 Å². The molecule has 0 aliphatic heterocycles. The lowest BCUT2D eigenvalue weighted by atomic mass is 10.2. The summed E-state index contributed by atoms with van der Waals surface area (Å²) in [6.45, 7) is 4.55. The van der Waals surface area contributed by atoms with Gasteiger partial charge in [0, 0.05) is 20.1 Å². The highest BCUT2D eigenvalue weighted by atomic mass is 32.2. The molecule has 0 radical (unpaired) electrons. The SMILES string of the molecule is CCCn1c(SCC(=O)c2c(N)n(CCC)c(=O)n(C)c2=O)n[nH]c1=O. The Bertz CT molecular complexity index is 983. The molecular formula is C15H22N6O4S. The van der Waals surface area contributed by atoms with Crippen molar-refractivity contribution in [2.45, 2.75) is 44.9 Å². The Morgan fingerprint density at radius 3 is 2.38 bits per heavy atom. The molecule has 2 rings (SSSR count). The highest BCUT2D eigenvalue weighted by molar-refractivity contribution is 7.99. The van der Waals surface area contributed by atoms with Crippen molar-refractivity contribution in [1.29, 1.82) is 0 Å². The van der Waals surface area contributed by atoms with E-state index in [1.807, 2.05) is 13.8 Å². The molecular weight excluding hydrogens is 360 g/mol. The lowest BCUT2D eigenvalue weighted by Gasteiger charge is -2.13. The van der Waals surface area contributed by atoms with Crippen LogP contribution < -0.4 is 22.7 Å². The first kappa shape index (κ1) is 19.8. The van der Waals surface area contributed by atoms with Gasteiger partial charge in [0.15, 0.2) is 10.9 Å². The Labute approximate surface area is 153 Å². The van der Waals surface area contributed by atoms with Crippen molar-refractivity contribution in [2.24, 2.45) is 7.05 Å². The number of hydrogen-bond acceptors (Lipinski definition) is 7. The van der Waals surface area contributed by atoms with Gasteiger partial charge in [-0.1, -0.05) is 25.6 Å². The smallest absolute Gasteiger partial charge is 0.343 e. The maximum Gasteiger partial charge on any atom is 0.343 e. The van der Waals surface area contributed by atoms with E-state index in [9.17, 15) is 19.2 Å². The van der Waals surface area contributed by atoms with Gasteiger partial charge in [0.2, 0.25) is 0 Å². The van der Waals surface area contributed by atoms with E-state index in [1.54, 1.807) is 0 Å². The second-order valence-corrected chi connectivity index (χ2v) is 6.68. The van der Waals surface area contributed by atoms with Crippen LogP contribution in [-0.2, 0) is 20.1 Å². The summed E-state index contributed by atoms with van der Waals surface area (Å²) in [7, 11) is 1.31. The zero-order valence-corrected chi connectivity index (χ0v) is 15.8. The Kier molecular flexibility index (Phi) is 6.24. The number of Topliss-reactive ketones (excluding diaryl/α,β-unsaturated/α-hetero) is 1. The van der Waals surface area contributed by atoms with Gasteiger partial charge in [-0.15, -0.1) is 5.10 Å². The van der Waals surface area contributed by atoms with Crippen molar-refractivity contribution in [3.8, 4) is 0 Å². The van der Waals surface area contributed by atoms with Crippen LogP contribution in [0, 0.1) is 0 Å². The normalized spacial score (nSPS) is 11.0. The second-order valence-electron chi connectivity index (χ2n) is 5.73. The molecule has 11 heteroatoms. The number of nitrogens with two attached hydrogens (primary N) is 1. The van der Waals surface area contributed by atoms with E-state index >= 15 is 0 Å². The van der Waals surface area contributed by atoms with Gasteiger partial charge >= 0.3 is 11.4 Å². The van der Waals surface area contributed by atoms with E-state index in [1.165, 1.54) is 16.2 Å². The predicted molar refractivity (Wildman–Crippen MR) is 98.8 cm³/mol. The molecule has 0 spiro atoms. The number of H-pyrrole nitrogens is 1. The van der Waals surface area contributed by atoms with Crippen molar-refractivity contribution in [3.63, 3.8) is 0 Å². The van der Waals surface area contributed by atoms with Gasteiger partial charge in [-0.25, -0.2) is 14.7 Å². The number of carbonyl (C=O) groups excluding carboxylic acids is 1. The summed E-state index contributed by atoms with van der Waals surface area (Å²) in [6.07, 6.45) is 1.36. The van der Waals surface area contributed by atoms with Gasteiger partial charge in [0.25, 0.3) is 5.56 Å². The molecule has 142 valence electrons. The van der Waals surface area contributed by atoms with Gasteiger partial charge < -0.3 is 5.73 Å². The van der Waals surface area contributed by atoms with Crippen molar-refractivity contribution < 1.29 is 4.79 Å². The van der Waals surface area contributed by atoms with Gasteiger partial charge in [-0.3, -0.25) is 23.3 Å².